The van der Waals surface area contributed by atoms with Gasteiger partial charge in [0.05, 0.1) is 18.4 Å². The molecule has 0 spiro atoms. The standard InChI is InChI=1S/C52H70N14O8/c1-2-3-15-39(54)46(69)62-42(20-23-67)48(71)66-45(27-37-29-57-31-60-37)51(74)64-43(25-32-18-19-33-11-4-5-12-34(33)24-32)50(73)63-41(17-10-22-58-52(55)56)47(70)65-44(49(72)61-36(30-68)13-8-9-21-53)26-35-28-59-40-16-7-6-14-38(35)40/h4-7,11-12,14,16,18-19,23-24,28-31,36,39,41-45,59H,2-3,8-10,13,15,17,20-22,25-27,53-54H2,1H3,(H,57,60)(H,61,72)(H,62,69)(H,63,73)(H,64,74)(H,65,70)(H,66,71)(H4,55,56,58)/t36-,39-,41-,42-,43+,44-,45-/m0/s1. The molecule has 6 amide bonds. The lowest BCUT2D eigenvalue weighted by Crippen LogP contribution is -2.60. The summed E-state index contributed by atoms with van der Waals surface area (Å²) in [6.07, 6.45) is 8.44. The first-order valence-corrected chi connectivity index (χ1v) is 24.9. The summed E-state index contributed by atoms with van der Waals surface area (Å²) in [5.41, 5.74) is 25.5. The maximum Gasteiger partial charge on any atom is 0.243 e. The minimum atomic E-state index is -1.40. The number of amides is 6. The van der Waals surface area contributed by atoms with E-state index in [1.807, 2.05) is 67.6 Å². The Labute approximate surface area is 429 Å². The maximum atomic E-state index is 14.8. The predicted molar refractivity (Wildman–Crippen MR) is 281 cm³/mol. The lowest BCUT2D eigenvalue weighted by atomic mass is 9.99. The van der Waals surface area contributed by atoms with Gasteiger partial charge < -0.3 is 74.4 Å². The number of carbonyl (C=O) groups excluding carboxylic acids is 8. The highest BCUT2D eigenvalue weighted by molar-refractivity contribution is 5.98. The highest BCUT2D eigenvalue weighted by Gasteiger charge is 2.34. The molecule has 0 radical (unpaired) electrons. The van der Waals surface area contributed by atoms with Gasteiger partial charge in [0.15, 0.2) is 5.96 Å². The van der Waals surface area contributed by atoms with Crippen LogP contribution in [0.1, 0.15) is 81.5 Å². The van der Waals surface area contributed by atoms with Crippen molar-refractivity contribution in [3.8, 4) is 0 Å². The number of aromatic nitrogens is 3. The molecule has 5 rings (SSSR count). The predicted octanol–water partition coefficient (Wildman–Crippen LogP) is 0.469. The van der Waals surface area contributed by atoms with Gasteiger partial charge in [-0.2, -0.15) is 0 Å². The number of carbonyl (C=O) groups is 8. The van der Waals surface area contributed by atoms with Crippen LogP contribution in [0.4, 0.5) is 0 Å². The molecule has 0 aliphatic heterocycles. The quantitative estimate of drug-likeness (QED) is 0.0121. The molecule has 16 N–H and O–H groups in total. The van der Waals surface area contributed by atoms with Crippen LogP contribution in [-0.4, -0.2) is 124 Å². The van der Waals surface area contributed by atoms with Crippen LogP contribution in [0.3, 0.4) is 0 Å². The molecule has 74 heavy (non-hydrogen) atoms. The molecule has 0 saturated carbocycles. The van der Waals surface area contributed by atoms with Gasteiger partial charge in [0.2, 0.25) is 35.4 Å². The molecule has 396 valence electrons. The Balaban J connectivity index is 1.47. The Hall–Kier alpha value is -7.98. The van der Waals surface area contributed by atoms with Crippen molar-refractivity contribution >= 4 is 75.7 Å². The molecule has 5 aromatic rings. The third-order valence-corrected chi connectivity index (χ3v) is 12.4. The number of imidazole rings is 1. The zero-order chi connectivity index (χ0) is 53.4. The Morgan fingerprint density at radius 2 is 1.30 bits per heavy atom. The Bertz CT molecular complexity index is 2690. The fraction of sp³-hybridized carbons (Fsp3) is 0.423. The summed E-state index contributed by atoms with van der Waals surface area (Å²) < 4.78 is 0. The van der Waals surface area contributed by atoms with E-state index in [0.717, 1.165) is 28.1 Å². The Kier molecular flexibility index (Phi) is 22.7. The van der Waals surface area contributed by atoms with E-state index < -0.39 is 84.2 Å². The smallest absolute Gasteiger partial charge is 0.243 e. The van der Waals surface area contributed by atoms with Crippen molar-refractivity contribution in [2.45, 2.75) is 126 Å². The number of benzene rings is 3. The number of aromatic amines is 2. The van der Waals surface area contributed by atoms with Crippen LogP contribution in [0.5, 0.6) is 0 Å². The van der Waals surface area contributed by atoms with Crippen LogP contribution in [0.15, 0.2) is 90.4 Å². The van der Waals surface area contributed by atoms with Gasteiger partial charge >= 0.3 is 0 Å². The van der Waals surface area contributed by atoms with Crippen molar-refractivity contribution in [2.75, 3.05) is 13.1 Å². The molecule has 0 aliphatic carbocycles. The molecule has 22 heteroatoms. The molecule has 2 heterocycles. The van der Waals surface area contributed by atoms with Gasteiger partial charge in [-0.25, -0.2) is 4.98 Å². The van der Waals surface area contributed by atoms with Crippen LogP contribution in [0.25, 0.3) is 21.7 Å². The van der Waals surface area contributed by atoms with Crippen molar-refractivity contribution in [1.29, 1.82) is 0 Å². The monoisotopic (exact) mass is 1020 g/mol. The number of rotatable bonds is 32. The average molecular weight is 1020 g/mol. The van der Waals surface area contributed by atoms with Crippen LogP contribution in [0.2, 0.25) is 0 Å². The number of nitrogens with two attached hydrogens (primary N) is 4. The molecular weight excluding hydrogens is 949 g/mol. The van der Waals surface area contributed by atoms with E-state index in [9.17, 15) is 38.4 Å². The second-order valence-electron chi connectivity index (χ2n) is 18.2. The number of fused-ring (bicyclic) bond motifs is 2. The number of aldehydes is 2. The topological polar surface area (TPSA) is 370 Å². The third kappa shape index (κ3) is 17.7. The van der Waals surface area contributed by atoms with Gasteiger partial charge in [0.1, 0.15) is 42.8 Å². The number of aliphatic imine (C=N–C) groups is 1. The van der Waals surface area contributed by atoms with E-state index >= 15 is 0 Å². The molecule has 7 atom stereocenters. The number of hydrogen-bond donors (Lipinski definition) is 12. The second kappa shape index (κ2) is 29.5. The van der Waals surface area contributed by atoms with Gasteiger partial charge in [-0.15, -0.1) is 0 Å². The largest absolute Gasteiger partial charge is 0.370 e. The zero-order valence-corrected chi connectivity index (χ0v) is 41.6. The van der Waals surface area contributed by atoms with Crippen molar-refractivity contribution in [2.24, 2.45) is 27.9 Å². The number of H-pyrrole nitrogens is 2. The molecule has 3 aromatic carbocycles. The van der Waals surface area contributed by atoms with Crippen molar-refractivity contribution < 1.29 is 38.4 Å². The van der Waals surface area contributed by atoms with E-state index in [1.54, 1.807) is 12.3 Å². The first-order valence-electron chi connectivity index (χ1n) is 24.9. The molecule has 0 fully saturated rings. The molecule has 0 aliphatic rings. The van der Waals surface area contributed by atoms with Crippen molar-refractivity contribution in [3.05, 3.63) is 102 Å². The lowest BCUT2D eigenvalue weighted by molar-refractivity contribution is -0.135. The molecular formula is C52H70N14O8. The van der Waals surface area contributed by atoms with Gasteiger partial charge in [-0.1, -0.05) is 80.4 Å². The number of para-hydroxylation sites is 1. The average Bonchev–Trinajstić information content (AvgIpc) is 4.07. The minimum absolute atomic E-state index is 0.00222. The van der Waals surface area contributed by atoms with Gasteiger partial charge in [-0.05, 0) is 73.0 Å². The van der Waals surface area contributed by atoms with Gasteiger partial charge in [-0.3, -0.25) is 33.8 Å². The lowest BCUT2D eigenvalue weighted by Gasteiger charge is -2.27. The summed E-state index contributed by atoms with van der Waals surface area (Å²) in [4.78, 5) is 123. The van der Waals surface area contributed by atoms with Crippen LogP contribution < -0.4 is 54.8 Å². The van der Waals surface area contributed by atoms with Crippen molar-refractivity contribution in [1.82, 2.24) is 46.9 Å². The molecule has 0 unspecified atom stereocenters. The van der Waals surface area contributed by atoms with Crippen molar-refractivity contribution in [3.63, 3.8) is 0 Å². The highest BCUT2D eigenvalue weighted by Crippen LogP contribution is 2.21. The number of unbranched alkanes of at least 4 members (excludes halogenated alkanes) is 2. The van der Waals surface area contributed by atoms with E-state index in [4.69, 9.17) is 22.9 Å². The van der Waals surface area contributed by atoms with Gasteiger partial charge in [0.25, 0.3) is 0 Å². The maximum absolute atomic E-state index is 14.8. The molecule has 0 bridgehead atoms. The second-order valence-corrected chi connectivity index (χ2v) is 18.2. The Morgan fingerprint density at radius 1 is 0.662 bits per heavy atom. The SMILES string of the molecule is CCCC[C@H](N)C(=O)N[C@@H](CC=O)C(=O)N[C@@H](Cc1cnc[nH]1)C(=O)N[C@H](Cc1ccc2ccccc2c1)C(=O)N[C@@H](CCCN=C(N)N)C(=O)N[C@@H](Cc1c[nH]c2ccccc12)C(=O)N[C@H](C=O)CCCCN. The number of nitrogens with zero attached hydrogens (tertiary/aromatic N) is 2. The van der Waals surface area contributed by atoms with Crippen LogP contribution in [0, 0.1) is 0 Å². The molecule has 2 aromatic heterocycles. The minimum Gasteiger partial charge on any atom is -0.370 e. The normalized spacial score (nSPS) is 14.0. The zero-order valence-electron chi connectivity index (χ0n) is 41.6. The fourth-order valence-corrected chi connectivity index (χ4v) is 8.36. The van der Waals surface area contributed by atoms with E-state index in [2.05, 4.69) is 51.8 Å². The van der Waals surface area contributed by atoms with E-state index in [0.29, 0.717) is 68.0 Å². The summed E-state index contributed by atoms with van der Waals surface area (Å²) in [5, 5.41) is 18.9. The van der Waals surface area contributed by atoms with Crippen LogP contribution in [-0.2, 0) is 57.6 Å². The molecule has 0 saturated heterocycles. The molecule has 22 nitrogen and oxygen atoms in total. The number of guanidine groups is 1. The fourth-order valence-electron chi connectivity index (χ4n) is 8.36. The van der Waals surface area contributed by atoms with Gasteiger partial charge in [0, 0.05) is 61.2 Å². The van der Waals surface area contributed by atoms with E-state index in [-0.39, 0.29) is 44.6 Å². The third-order valence-electron chi connectivity index (χ3n) is 12.4. The number of nitrogens with one attached hydrogen (secondary N) is 8. The highest BCUT2D eigenvalue weighted by atomic mass is 16.2. The number of hydrogen-bond acceptors (Lipinski definition) is 12. The first kappa shape index (κ1) is 56.9. The van der Waals surface area contributed by atoms with E-state index in [1.165, 1.54) is 12.5 Å². The summed E-state index contributed by atoms with van der Waals surface area (Å²) in [5.74, 6) is -4.72. The summed E-state index contributed by atoms with van der Waals surface area (Å²) in [7, 11) is 0. The summed E-state index contributed by atoms with van der Waals surface area (Å²) in [6, 6.07) is 11.9. The summed E-state index contributed by atoms with van der Waals surface area (Å²) >= 11 is 0. The first-order chi connectivity index (χ1) is 35.7. The Morgan fingerprint density at radius 3 is 1.97 bits per heavy atom. The summed E-state index contributed by atoms with van der Waals surface area (Å²) in [6.45, 7) is 2.42. The van der Waals surface area contributed by atoms with Crippen LogP contribution >= 0.6 is 0 Å².